The van der Waals surface area contributed by atoms with Crippen LogP contribution in [0.2, 0.25) is 0 Å². The Morgan fingerprint density at radius 2 is 2.04 bits per heavy atom. The predicted octanol–water partition coefficient (Wildman–Crippen LogP) is 1.40. The molecule has 1 heterocycles. The lowest BCUT2D eigenvalue weighted by atomic mass is 10.1. The molecule has 1 aliphatic rings. The van der Waals surface area contributed by atoms with E-state index >= 15 is 0 Å². The van der Waals surface area contributed by atoms with Crippen molar-refractivity contribution in [3.8, 4) is 5.75 Å². The highest BCUT2D eigenvalue weighted by Gasteiger charge is 2.25. The molecule has 7 nitrogen and oxygen atoms in total. The largest absolute Gasteiger partial charge is 0.493 e. The number of hydrogen-bond acceptors (Lipinski definition) is 5. The minimum atomic E-state index is -0.867. The summed E-state index contributed by atoms with van der Waals surface area (Å²) in [6.45, 7) is 12.2. The van der Waals surface area contributed by atoms with E-state index in [1.807, 2.05) is 45.0 Å². The van der Waals surface area contributed by atoms with Crippen molar-refractivity contribution in [1.29, 1.82) is 0 Å². The van der Waals surface area contributed by atoms with Crippen LogP contribution in [0.1, 0.15) is 25.8 Å². The van der Waals surface area contributed by atoms with E-state index in [0.717, 1.165) is 63.1 Å². The molecule has 158 valence electrons. The van der Waals surface area contributed by atoms with E-state index in [9.17, 15) is 5.11 Å². The number of aryl methyl sites for hydroxylation is 1. The fourth-order valence-corrected chi connectivity index (χ4v) is 3.06. The maximum absolute atomic E-state index is 10.7. The maximum atomic E-state index is 10.7. The van der Waals surface area contributed by atoms with Crippen LogP contribution in [-0.4, -0.2) is 80.7 Å². The normalized spacial score (nSPS) is 17.8. The highest BCUT2D eigenvalue weighted by Crippen LogP contribution is 2.16. The van der Waals surface area contributed by atoms with Gasteiger partial charge in [0.1, 0.15) is 5.75 Å². The summed E-state index contributed by atoms with van der Waals surface area (Å²) in [6, 6.07) is 8.04. The lowest BCUT2D eigenvalue weighted by Gasteiger charge is -2.33. The molecule has 0 spiro atoms. The molecule has 0 saturated carbocycles. The molecule has 0 amide bonds. The van der Waals surface area contributed by atoms with Gasteiger partial charge in [0.2, 0.25) is 0 Å². The molecule has 1 saturated heterocycles. The smallest absolute Gasteiger partial charge is 0.191 e. The molecule has 0 aliphatic carbocycles. The summed E-state index contributed by atoms with van der Waals surface area (Å²) in [5.41, 5.74) is 0.279. The number of hydrogen-bond donors (Lipinski definition) is 3. The zero-order valence-corrected chi connectivity index (χ0v) is 17.5. The van der Waals surface area contributed by atoms with Gasteiger partial charge in [-0.3, -0.25) is 9.89 Å². The first kappa shape index (κ1) is 22.5. The summed E-state index contributed by atoms with van der Waals surface area (Å²) in [6.07, 6.45) is 0.864. The van der Waals surface area contributed by atoms with E-state index in [-0.39, 0.29) is 0 Å². The Hall–Kier alpha value is -1.83. The summed E-state index contributed by atoms with van der Waals surface area (Å²) in [7, 11) is 0. The van der Waals surface area contributed by atoms with Crippen molar-refractivity contribution in [3.05, 3.63) is 29.8 Å². The lowest BCUT2D eigenvalue weighted by molar-refractivity contribution is -0.0180. The molecule has 0 aromatic heterocycles. The van der Waals surface area contributed by atoms with Crippen LogP contribution >= 0.6 is 0 Å². The van der Waals surface area contributed by atoms with Gasteiger partial charge in [0.25, 0.3) is 0 Å². The van der Waals surface area contributed by atoms with Crippen molar-refractivity contribution >= 4 is 5.96 Å². The number of para-hydroxylation sites is 1. The molecule has 1 aliphatic heterocycles. The standard InChI is InChI=1S/C21H36N4O3/c1-4-22-20(23-10-7-13-28-19-9-6-5-8-18(19)2)24-16-21(3,26)17-25-11-14-27-15-12-25/h5-6,8-9,26H,4,7,10-17H2,1-3H3,(H2,22,23,24). The van der Waals surface area contributed by atoms with Gasteiger partial charge >= 0.3 is 0 Å². The fourth-order valence-electron chi connectivity index (χ4n) is 3.06. The number of rotatable bonds is 10. The molecule has 3 N–H and O–H groups in total. The third-order valence-corrected chi connectivity index (χ3v) is 4.55. The van der Waals surface area contributed by atoms with Gasteiger partial charge in [-0.05, 0) is 38.8 Å². The van der Waals surface area contributed by atoms with Crippen molar-refractivity contribution in [2.45, 2.75) is 32.8 Å². The Kier molecular flexibility index (Phi) is 9.54. The van der Waals surface area contributed by atoms with Gasteiger partial charge in [-0.1, -0.05) is 18.2 Å². The molecule has 0 radical (unpaired) electrons. The Morgan fingerprint density at radius 3 is 2.75 bits per heavy atom. The lowest BCUT2D eigenvalue weighted by Crippen LogP contribution is -2.48. The van der Waals surface area contributed by atoms with E-state index in [4.69, 9.17) is 9.47 Å². The van der Waals surface area contributed by atoms with E-state index in [2.05, 4.69) is 20.5 Å². The number of β-amino-alcohol motifs (C(OH)–C–C–N with tert-alkyl or cyclic N) is 1. The number of benzene rings is 1. The van der Waals surface area contributed by atoms with Crippen molar-refractivity contribution in [2.24, 2.45) is 4.99 Å². The zero-order valence-electron chi connectivity index (χ0n) is 17.5. The van der Waals surface area contributed by atoms with Gasteiger partial charge in [0.15, 0.2) is 5.96 Å². The van der Waals surface area contributed by atoms with Gasteiger partial charge in [-0.2, -0.15) is 0 Å². The van der Waals surface area contributed by atoms with E-state index in [1.165, 1.54) is 0 Å². The number of aliphatic imine (C=N–C) groups is 1. The van der Waals surface area contributed by atoms with Crippen molar-refractivity contribution in [3.63, 3.8) is 0 Å². The summed E-state index contributed by atoms with van der Waals surface area (Å²) in [5.74, 6) is 1.66. The van der Waals surface area contributed by atoms with Gasteiger partial charge in [-0.25, -0.2) is 0 Å². The molecule has 1 unspecified atom stereocenters. The molecule has 1 aromatic rings. The second-order valence-electron chi connectivity index (χ2n) is 7.47. The fraction of sp³-hybridized carbons (Fsp3) is 0.667. The van der Waals surface area contributed by atoms with Crippen molar-refractivity contribution < 1.29 is 14.6 Å². The Morgan fingerprint density at radius 1 is 1.29 bits per heavy atom. The molecule has 2 rings (SSSR count). The Balaban J connectivity index is 1.72. The number of guanidine groups is 1. The van der Waals surface area contributed by atoms with Crippen LogP contribution in [0.15, 0.2) is 29.3 Å². The van der Waals surface area contributed by atoms with Crippen LogP contribution in [0.25, 0.3) is 0 Å². The number of nitrogens with zero attached hydrogens (tertiary/aromatic N) is 2. The topological polar surface area (TPSA) is 78.4 Å². The molecule has 1 fully saturated rings. The van der Waals surface area contributed by atoms with Crippen LogP contribution in [-0.2, 0) is 4.74 Å². The van der Waals surface area contributed by atoms with Crippen LogP contribution in [0.4, 0.5) is 0 Å². The van der Waals surface area contributed by atoms with Crippen molar-refractivity contribution in [1.82, 2.24) is 15.5 Å². The number of ether oxygens (including phenoxy) is 2. The average Bonchev–Trinajstić information content (AvgIpc) is 2.67. The van der Waals surface area contributed by atoms with E-state index < -0.39 is 5.60 Å². The Labute approximate surface area is 169 Å². The minimum Gasteiger partial charge on any atom is -0.493 e. The Bertz CT molecular complexity index is 601. The number of aliphatic hydroxyl groups is 1. The molecule has 1 atom stereocenters. The van der Waals surface area contributed by atoms with Crippen LogP contribution in [0.3, 0.4) is 0 Å². The summed E-state index contributed by atoms with van der Waals surface area (Å²) >= 11 is 0. The molecule has 28 heavy (non-hydrogen) atoms. The highest BCUT2D eigenvalue weighted by molar-refractivity contribution is 5.79. The second-order valence-corrected chi connectivity index (χ2v) is 7.47. The SMILES string of the molecule is CCNC(=NCC(C)(O)CN1CCOCC1)NCCCOc1ccccc1C. The molecule has 0 bridgehead atoms. The van der Waals surface area contributed by atoms with Crippen LogP contribution in [0.5, 0.6) is 5.75 Å². The summed E-state index contributed by atoms with van der Waals surface area (Å²) in [5, 5.41) is 17.2. The third kappa shape index (κ3) is 8.46. The van der Waals surface area contributed by atoms with Gasteiger partial charge in [0.05, 0.1) is 32.0 Å². The molecular formula is C21H36N4O3. The summed E-state index contributed by atoms with van der Waals surface area (Å²) < 4.78 is 11.2. The van der Waals surface area contributed by atoms with Crippen molar-refractivity contribution in [2.75, 3.05) is 59.1 Å². The third-order valence-electron chi connectivity index (χ3n) is 4.55. The molecular weight excluding hydrogens is 356 g/mol. The predicted molar refractivity (Wildman–Crippen MR) is 113 cm³/mol. The highest BCUT2D eigenvalue weighted by atomic mass is 16.5. The van der Waals surface area contributed by atoms with E-state index in [0.29, 0.717) is 19.7 Å². The quantitative estimate of drug-likeness (QED) is 0.317. The average molecular weight is 393 g/mol. The minimum absolute atomic E-state index is 0.347. The first-order valence-electron chi connectivity index (χ1n) is 10.2. The molecule has 1 aromatic carbocycles. The maximum Gasteiger partial charge on any atom is 0.191 e. The second kappa shape index (κ2) is 11.9. The van der Waals surface area contributed by atoms with Crippen LogP contribution in [0, 0.1) is 6.92 Å². The van der Waals surface area contributed by atoms with Gasteiger partial charge in [0, 0.05) is 32.7 Å². The monoisotopic (exact) mass is 392 g/mol. The zero-order chi connectivity index (χ0) is 20.2. The number of morpholine rings is 1. The molecule has 7 heteroatoms. The first-order chi connectivity index (χ1) is 13.5. The van der Waals surface area contributed by atoms with Gasteiger partial charge in [-0.15, -0.1) is 0 Å². The van der Waals surface area contributed by atoms with Gasteiger partial charge < -0.3 is 25.2 Å². The van der Waals surface area contributed by atoms with Crippen LogP contribution < -0.4 is 15.4 Å². The number of nitrogens with one attached hydrogen (secondary N) is 2. The summed E-state index contributed by atoms with van der Waals surface area (Å²) in [4.78, 5) is 6.79. The first-order valence-corrected chi connectivity index (χ1v) is 10.2. The van der Waals surface area contributed by atoms with E-state index in [1.54, 1.807) is 0 Å².